The van der Waals surface area contributed by atoms with Gasteiger partial charge in [-0.15, -0.1) is 0 Å². The minimum Gasteiger partial charge on any atom is -0.450 e. The molecule has 0 spiro atoms. The summed E-state index contributed by atoms with van der Waals surface area (Å²) in [4.78, 5) is 15.2. The molecule has 1 saturated heterocycles. The van der Waals surface area contributed by atoms with E-state index >= 15 is 0 Å². The minimum atomic E-state index is -0.415. The maximum absolute atomic E-state index is 12.8. The van der Waals surface area contributed by atoms with Gasteiger partial charge in [0, 0.05) is 18.8 Å². The summed E-state index contributed by atoms with van der Waals surface area (Å²) in [7, 11) is 0. The molecule has 0 bridgehead atoms. The van der Waals surface area contributed by atoms with Gasteiger partial charge in [-0.3, -0.25) is 0 Å². The summed E-state index contributed by atoms with van der Waals surface area (Å²) < 4.78 is 11.5. The van der Waals surface area contributed by atoms with E-state index in [1.165, 1.54) is 11.3 Å². The van der Waals surface area contributed by atoms with Crippen LogP contribution in [0.5, 0.6) is 0 Å². The zero-order valence-corrected chi connectivity index (χ0v) is 16.6. The number of morpholine rings is 1. The van der Waals surface area contributed by atoms with Crippen LogP contribution in [0.15, 0.2) is 84.1 Å². The molecule has 29 heavy (non-hydrogen) atoms. The van der Waals surface area contributed by atoms with Gasteiger partial charge in [0.25, 0.3) is 0 Å². The van der Waals surface area contributed by atoms with E-state index in [2.05, 4.69) is 17.1 Å². The summed E-state index contributed by atoms with van der Waals surface area (Å²) >= 11 is 0. The van der Waals surface area contributed by atoms with Gasteiger partial charge in [-0.05, 0) is 48.6 Å². The van der Waals surface area contributed by atoms with Crippen LogP contribution in [-0.2, 0) is 9.47 Å². The van der Waals surface area contributed by atoms with Crippen LogP contribution in [0.4, 0.5) is 0 Å². The summed E-state index contributed by atoms with van der Waals surface area (Å²) in [5.74, 6) is -0.302. The predicted molar refractivity (Wildman–Crippen MR) is 113 cm³/mol. The predicted octanol–water partition coefficient (Wildman–Crippen LogP) is 4.91. The first kappa shape index (κ1) is 19.5. The third kappa shape index (κ3) is 4.96. The van der Waals surface area contributed by atoms with Crippen LogP contribution < -0.4 is 0 Å². The second-order valence-electron chi connectivity index (χ2n) is 7.38. The van der Waals surface area contributed by atoms with E-state index in [0.717, 1.165) is 51.1 Å². The van der Waals surface area contributed by atoms with Crippen molar-refractivity contribution in [3.8, 4) is 0 Å². The third-order valence-electron chi connectivity index (χ3n) is 5.39. The number of esters is 1. The van der Waals surface area contributed by atoms with E-state index in [1.807, 2.05) is 48.5 Å². The van der Waals surface area contributed by atoms with Gasteiger partial charge < -0.3 is 14.4 Å². The topological polar surface area (TPSA) is 38.8 Å². The number of hydrogen-bond donors (Lipinski definition) is 0. The first-order chi connectivity index (χ1) is 14.3. The van der Waals surface area contributed by atoms with Crippen LogP contribution in [-0.4, -0.2) is 37.2 Å². The molecular formula is C25H27NO3. The highest BCUT2D eigenvalue weighted by Crippen LogP contribution is 2.32. The summed E-state index contributed by atoms with van der Waals surface area (Å²) in [5, 5.41) is 0. The lowest BCUT2D eigenvalue weighted by atomic mass is 9.94. The first-order valence-electron chi connectivity index (χ1n) is 10.4. The Morgan fingerprint density at radius 3 is 2.41 bits per heavy atom. The van der Waals surface area contributed by atoms with Crippen molar-refractivity contribution in [2.75, 3.05) is 26.3 Å². The monoisotopic (exact) mass is 389 g/mol. The Hall–Kier alpha value is -2.85. The summed E-state index contributed by atoms with van der Waals surface area (Å²) in [6.45, 7) is 3.33. The summed E-state index contributed by atoms with van der Waals surface area (Å²) in [5.41, 5.74) is 4.08. The Bertz CT molecular complexity index is 867. The van der Waals surface area contributed by atoms with Crippen LogP contribution in [0.1, 0.15) is 41.3 Å². The molecule has 1 atom stereocenters. The maximum Gasteiger partial charge on any atom is 0.339 e. The summed E-state index contributed by atoms with van der Waals surface area (Å²) in [6, 6.07) is 19.2. The average Bonchev–Trinajstić information content (AvgIpc) is 2.80. The van der Waals surface area contributed by atoms with Crippen LogP contribution in [0, 0.1) is 0 Å². The van der Waals surface area contributed by atoms with Crippen molar-refractivity contribution >= 4 is 5.97 Å². The van der Waals surface area contributed by atoms with Gasteiger partial charge in [-0.2, -0.15) is 0 Å². The minimum absolute atomic E-state index is 0.302. The van der Waals surface area contributed by atoms with Crippen LogP contribution >= 0.6 is 0 Å². The van der Waals surface area contributed by atoms with Crippen LogP contribution in [0.3, 0.4) is 0 Å². The molecule has 1 aliphatic heterocycles. The molecular weight excluding hydrogens is 362 g/mol. The zero-order chi connectivity index (χ0) is 19.9. The fourth-order valence-corrected chi connectivity index (χ4v) is 3.88. The Morgan fingerprint density at radius 1 is 1.00 bits per heavy atom. The molecule has 1 heterocycles. The molecule has 1 fully saturated rings. The molecule has 150 valence electrons. The number of carbonyl (C=O) groups is 1. The fraction of sp³-hybridized carbons (Fsp3) is 0.320. The molecule has 0 N–H and O–H groups in total. The Labute approximate surface area is 172 Å². The van der Waals surface area contributed by atoms with Crippen molar-refractivity contribution in [3.05, 3.63) is 95.2 Å². The van der Waals surface area contributed by atoms with Gasteiger partial charge in [0.2, 0.25) is 0 Å². The van der Waals surface area contributed by atoms with E-state index in [-0.39, 0.29) is 5.97 Å². The zero-order valence-electron chi connectivity index (χ0n) is 16.6. The molecule has 1 aliphatic carbocycles. The van der Waals surface area contributed by atoms with Gasteiger partial charge in [0.15, 0.2) is 0 Å². The lowest BCUT2D eigenvalue weighted by Gasteiger charge is -2.34. The molecule has 0 amide bonds. The van der Waals surface area contributed by atoms with Gasteiger partial charge in [0.05, 0.1) is 18.8 Å². The Kier molecular flexibility index (Phi) is 6.42. The van der Waals surface area contributed by atoms with Crippen LogP contribution in [0.25, 0.3) is 0 Å². The van der Waals surface area contributed by atoms with Crippen molar-refractivity contribution in [2.24, 2.45) is 0 Å². The van der Waals surface area contributed by atoms with Crippen molar-refractivity contribution in [2.45, 2.75) is 25.4 Å². The SMILES string of the molecule is O=C(OC(/C=C1/CCCC=C1N1CCOCC1)c1ccccc1)c1ccccc1. The molecule has 4 rings (SSSR count). The molecule has 4 heteroatoms. The van der Waals surface area contributed by atoms with Gasteiger partial charge in [-0.1, -0.05) is 54.6 Å². The number of nitrogens with zero attached hydrogens (tertiary/aromatic N) is 1. The van der Waals surface area contributed by atoms with Gasteiger partial charge in [0.1, 0.15) is 6.10 Å². The lowest BCUT2D eigenvalue weighted by molar-refractivity contribution is 0.0388. The second-order valence-corrected chi connectivity index (χ2v) is 7.38. The van der Waals surface area contributed by atoms with Gasteiger partial charge >= 0.3 is 5.97 Å². The second kappa shape index (κ2) is 9.57. The van der Waals surface area contributed by atoms with E-state index in [1.54, 1.807) is 12.1 Å². The molecule has 2 aromatic rings. The molecule has 0 saturated carbocycles. The normalized spacial score (nSPS) is 19.5. The number of carbonyl (C=O) groups excluding carboxylic acids is 1. The highest BCUT2D eigenvalue weighted by molar-refractivity contribution is 5.89. The molecule has 2 aliphatic rings. The Morgan fingerprint density at radius 2 is 1.69 bits per heavy atom. The van der Waals surface area contributed by atoms with Crippen molar-refractivity contribution in [3.63, 3.8) is 0 Å². The standard InChI is InChI=1S/C25H27NO3/c27-25(21-11-5-2-6-12-21)29-24(20-9-3-1-4-10-20)19-22-13-7-8-14-23(22)26-15-17-28-18-16-26/h1-6,9-12,14,19,24H,7-8,13,15-18H2/b22-19-. The average molecular weight is 389 g/mol. The van der Waals surface area contributed by atoms with E-state index in [9.17, 15) is 4.79 Å². The van der Waals surface area contributed by atoms with Crippen molar-refractivity contribution < 1.29 is 14.3 Å². The Balaban J connectivity index is 1.62. The van der Waals surface area contributed by atoms with Crippen molar-refractivity contribution in [1.29, 1.82) is 0 Å². The molecule has 0 radical (unpaired) electrons. The number of ether oxygens (including phenoxy) is 2. The molecule has 2 aromatic carbocycles. The highest BCUT2D eigenvalue weighted by atomic mass is 16.5. The van der Waals surface area contributed by atoms with Crippen molar-refractivity contribution in [1.82, 2.24) is 4.90 Å². The van der Waals surface area contributed by atoms with E-state index in [0.29, 0.717) is 5.56 Å². The quantitative estimate of drug-likeness (QED) is 0.681. The van der Waals surface area contributed by atoms with Crippen LogP contribution in [0.2, 0.25) is 0 Å². The number of rotatable bonds is 5. The molecule has 1 unspecified atom stereocenters. The largest absolute Gasteiger partial charge is 0.450 e. The highest BCUT2D eigenvalue weighted by Gasteiger charge is 2.23. The number of allylic oxidation sites excluding steroid dienone is 2. The maximum atomic E-state index is 12.8. The van der Waals surface area contributed by atoms with Gasteiger partial charge in [-0.25, -0.2) is 4.79 Å². The van der Waals surface area contributed by atoms with E-state index in [4.69, 9.17) is 9.47 Å². The smallest absolute Gasteiger partial charge is 0.339 e. The molecule has 0 aromatic heterocycles. The number of benzene rings is 2. The summed E-state index contributed by atoms with van der Waals surface area (Å²) in [6.07, 6.45) is 7.24. The third-order valence-corrected chi connectivity index (χ3v) is 5.39. The van der Waals surface area contributed by atoms with E-state index < -0.39 is 6.10 Å². The number of hydrogen-bond acceptors (Lipinski definition) is 4. The molecule has 4 nitrogen and oxygen atoms in total. The lowest BCUT2D eigenvalue weighted by Crippen LogP contribution is -2.36. The first-order valence-corrected chi connectivity index (χ1v) is 10.4. The fourth-order valence-electron chi connectivity index (χ4n) is 3.88.